The first kappa shape index (κ1) is 17.2. The van der Waals surface area contributed by atoms with Gasteiger partial charge in [0.25, 0.3) is 0 Å². The normalized spacial score (nSPS) is 24.3. The Morgan fingerprint density at radius 3 is 2.50 bits per heavy atom. The smallest absolute Gasteiger partial charge is 0.136 e. The third kappa shape index (κ3) is 4.42. The third-order valence-electron chi connectivity index (χ3n) is 5.17. The van der Waals surface area contributed by atoms with E-state index in [1.165, 1.54) is 11.1 Å². The molecule has 2 nitrogen and oxygen atoms in total. The van der Waals surface area contributed by atoms with Gasteiger partial charge in [0.15, 0.2) is 0 Å². The zero-order valence-corrected chi connectivity index (χ0v) is 14.4. The molecule has 0 heterocycles. The molecular weight excluding hydrogens is 272 g/mol. The molecule has 3 atom stereocenters. The summed E-state index contributed by atoms with van der Waals surface area (Å²) in [6.45, 7) is 8.02. The van der Waals surface area contributed by atoms with E-state index >= 15 is 0 Å². The molecule has 0 radical (unpaired) electrons. The molecule has 1 aromatic rings. The molecule has 22 heavy (non-hydrogen) atoms. The highest BCUT2D eigenvalue weighted by atomic mass is 16.3. The van der Waals surface area contributed by atoms with Crippen LogP contribution in [0.3, 0.4) is 0 Å². The fraction of sp³-hybridized carbons (Fsp3) is 0.650. The van der Waals surface area contributed by atoms with E-state index in [1.807, 2.05) is 13.8 Å². The molecule has 1 saturated carbocycles. The lowest BCUT2D eigenvalue weighted by Crippen LogP contribution is -2.24. The highest BCUT2D eigenvalue weighted by molar-refractivity contribution is 5.82. The number of ketones is 1. The molecule has 1 aliphatic carbocycles. The van der Waals surface area contributed by atoms with E-state index in [4.69, 9.17) is 0 Å². The first-order chi connectivity index (χ1) is 10.3. The van der Waals surface area contributed by atoms with Crippen LogP contribution in [0.5, 0.6) is 0 Å². The Morgan fingerprint density at radius 2 is 1.91 bits per heavy atom. The molecule has 122 valence electrons. The van der Waals surface area contributed by atoms with Crippen LogP contribution in [-0.4, -0.2) is 16.5 Å². The molecule has 0 saturated heterocycles. The van der Waals surface area contributed by atoms with Crippen molar-refractivity contribution in [2.45, 2.75) is 77.2 Å². The molecule has 1 N–H and O–H groups in total. The van der Waals surface area contributed by atoms with Crippen molar-refractivity contribution in [3.05, 3.63) is 35.4 Å². The lowest BCUT2D eigenvalue weighted by Gasteiger charge is -2.28. The van der Waals surface area contributed by atoms with Gasteiger partial charge in [0.05, 0.1) is 5.60 Å². The van der Waals surface area contributed by atoms with Crippen molar-refractivity contribution >= 4 is 5.78 Å². The minimum Gasteiger partial charge on any atom is -0.390 e. The second-order valence-corrected chi connectivity index (χ2v) is 7.67. The Hall–Kier alpha value is -1.15. The van der Waals surface area contributed by atoms with Gasteiger partial charge in [-0.25, -0.2) is 0 Å². The number of hydrogen-bond acceptors (Lipinski definition) is 2. The monoisotopic (exact) mass is 302 g/mol. The summed E-state index contributed by atoms with van der Waals surface area (Å²) >= 11 is 0. The van der Waals surface area contributed by atoms with Gasteiger partial charge in [-0.05, 0) is 62.5 Å². The van der Waals surface area contributed by atoms with Crippen molar-refractivity contribution in [1.82, 2.24) is 0 Å². The van der Waals surface area contributed by atoms with Crippen LogP contribution in [-0.2, 0) is 4.79 Å². The molecule has 0 aromatic heterocycles. The van der Waals surface area contributed by atoms with Crippen LogP contribution >= 0.6 is 0 Å². The summed E-state index contributed by atoms with van der Waals surface area (Å²) in [5.74, 6) is 1.42. The highest BCUT2D eigenvalue weighted by Crippen LogP contribution is 2.36. The van der Waals surface area contributed by atoms with E-state index in [9.17, 15) is 9.90 Å². The first-order valence-corrected chi connectivity index (χ1v) is 8.63. The fourth-order valence-electron chi connectivity index (χ4n) is 3.46. The lowest BCUT2D eigenvalue weighted by atomic mass is 9.75. The Bertz CT molecular complexity index is 495. The average Bonchev–Trinajstić information content (AvgIpc) is 2.47. The zero-order valence-electron chi connectivity index (χ0n) is 14.4. The van der Waals surface area contributed by atoms with Crippen LogP contribution in [0, 0.1) is 5.92 Å². The Kier molecular flexibility index (Phi) is 5.44. The minimum absolute atomic E-state index is 0.159. The van der Waals surface area contributed by atoms with Gasteiger partial charge < -0.3 is 5.11 Å². The van der Waals surface area contributed by atoms with E-state index in [1.54, 1.807) is 0 Å². The average molecular weight is 302 g/mol. The molecule has 1 aromatic carbocycles. The second-order valence-electron chi connectivity index (χ2n) is 7.67. The molecule has 2 heteroatoms. The van der Waals surface area contributed by atoms with E-state index < -0.39 is 5.60 Å². The lowest BCUT2D eigenvalue weighted by molar-refractivity contribution is -0.124. The molecule has 0 spiro atoms. The van der Waals surface area contributed by atoms with Crippen molar-refractivity contribution < 1.29 is 9.90 Å². The molecule has 2 rings (SSSR count). The van der Waals surface area contributed by atoms with Gasteiger partial charge in [0, 0.05) is 12.3 Å². The van der Waals surface area contributed by atoms with Crippen molar-refractivity contribution in [2.75, 3.05) is 0 Å². The van der Waals surface area contributed by atoms with Crippen LogP contribution in [0.25, 0.3) is 0 Å². The van der Waals surface area contributed by atoms with Crippen molar-refractivity contribution in [3.63, 3.8) is 0 Å². The number of carbonyl (C=O) groups is 1. The van der Waals surface area contributed by atoms with E-state index in [2.05, 4.69) is 38.1 Å². The molecule has 1 unspecified atom stereocenters. The maximum Gasteiger partial charge on any atom is 0.136 e. The standard InChI is InChI=1S/C20H30O2/c1-14(12-13-20(3,4)22)16-8-10-17(11-9-16)18-6-5-7-19(21)15(18)2/h8-11,14-15,18,22H,5-7,12-13H2,1-4H3/t14?,15-,18+/m1/s1. The van der Waals surface area contributed by atoms with Crippen molar-refractivity contribution in [2.24, 2.45) is 5.92 Å². The van der Waals surface area contributed by atoms with Crippen LogP contribution in [0.2, 0.25) is 0 Å². The van der Waals surface area contributed by atoms with Gasteiger partial charge in [-0.2, -0.15) is 0 Å². The summed E-state index contributed by atoms with van der Waals surface area (Å²) < 4.78 is 0. The van der Waals surface area contributed by atoms with Gasteiger partial charge >= 0.3 is 0 Å². The topological polar surface area (TPSA) is 37.3 Å². The van der Waals surface area contributed by atoms with Gasteiger partial charge in [0.2, 0.25) is 0 Å². The molecule has 1 aliphatic rings. The van der Waals surface area contributed by atoms with E-state index in [0.29, 0.717) is 17.6 Å². The number of aliphatic hydroxyl groups is 1. The predicted molar refractivity (Wildman–Crippen MR) is 91.2 cm³/mol. The van der Waals surface area contributed by atoms with Crippen molar-refractivity contribution in [3.8, 4) is 0 Å². The van der Waals surface area contributed by atoms with Gasteiger partial charge in [-0.1, -0.05) is 38.1 Å². The minimum atomic E-state index is -0.591. The SMILES string of the molecule is CC(CCC(C)(C)O)c1ccc([C@H]2CCCC(=O)[C@@H]2C)cc1. The van der Waals surface area contributed by atoms with Gasteiger partial charge in [0.1, 0.15) is 5.78 Å². The highest BCUT2D eigenvalue weighted by Gasteiger charge is 2.29. The van der Waals surface area contributed by atoms with E-state index in [-0.39, 0.29) is 5.92 Å². The molecule has 0 bridgehead atoms. The Balaban J connectivity index is 2.02. The van der Waals surface area contributed by atoms with Gasteiger partial charge in [-0.3, -0.25) is 4.79 Å². The molecule has 0 amide bonds. The summed E-state index contributed by atoms with van der Waals surface area (Å²) in [5, 5.41) is 9.85. The quantitative estimate of drug-likeness (QED) is 0.847. The number of Topliss-reactive ketones (excluding diaryl/α,β-unsaturated/α-hetero) is 1. The van der Waals surface area contributed by atoms with Crippen LogP contribution in [0.4, 0.5) is 0 Å². The first-order valence-electron chi connectivity index (χ1n) is 8.63. The van der Waals surface area contributed by atoms with Crippen LogP contribution in [0.1, 0.15) is 82.8 Å². The molecule has 0 aliphatic heterocycles. The number of hydrogen-bond donors (Lipinski definition) is 1. The van der Waals surface area contributed by atoms with Crippen LogP contribution in [0.15, 0.2) is 24.3 Å². The summed E-state index contributed by atoms with van der Waals surface area (Å²) in [7, 11) is 0. The number of rotatable bonds is 5. The molecular formula is C20H30O2. The zero-order chi connectivity index (χ0) is 16.3. The van der Waals surface area contributed by atoms with Gasteiger partial charge in [-0.15, -0.1) is 0 Å². The summed E-state index contributed by atoms with van der Waals surface area (Å²) in [4.78, 5) is 11.9. The number of carbonyl (C=O) groups excluding carboxylic acids is 1. The van der Waals surface area contributed by atoms with Crippen molar-refractivity contribution in [1.29, 1.82) is 0 Å². The predicted octanol–water partition coefficient (Wildman–Crippen LogP) is 4.81. The Morgan fingerprint density at radius 1 is 1.27 bits per heavy atom. The summed E-state index contributed by atoms with van der Waals surface area (Å²) in [5.41, 5.74) is 2.04. The third-order valence-corrected chi connectivity index (χ3v) is 5.17. The maximum atomic E-state index is 11.9. The summed E-state index contributed by atoms with van der Waals surface area (Å²) in [6.07, 6.45) is 4.70. The Labute approximate surface area is 134 Å². The summed E-state index contributed by atoms with van der Waals surface area (Å²) in [6, 6.07) is 8.82. The number of benzene rings is 1. The van der Waals surface area contributed by atoms with E-state index in [0.717, 1.165) is 32.1 Å². The largest absolute Gasteiger partial charge is 0.390 e. The second kappa shape index (κ2) is 6.95. The fourth-order valence-corrected chi connectivity index (χ4v) is 3.46. The maximum absolute atomic E-state index is 11.9. The molecule has 1 fully saturated rings. The van der Waals surface area contributed by atoms with Crippen LogP contribution < -0.4 is 0 Å².